The van der Waals surface area contributed by atoms with Gasteiger partial charge in [-0.15, -0.1) is 0 Å². The lowest BCUT2D eigenvalue weighted by Gasteiger charge is -2.08. The molecular formula is C16H11ClFNO2. The third-order valence-electron chi connectivity index (χ3n) is 2.63. The highest BCUT2D eigenvalue weighted by molar-refractivity contribution is 6.34. The van der Waals surface area contributed by atoms with Crippen LogP contribution in [0.1, 0.15) is 15.9 Å². The van der Waals surface area contributed by atoms with Crippen molar-refractivity contribution >= 4 is 23.2 Å². The number of amides is 1. The van der Waals surface area contributed by atoms with Crippen LogP contribution in [0.3, 0.4) is 0 Å². The summed E-state index contributed by atoms with van der Waals surface area (Å²) in [5, 5.41) is 11.7. The maximum Gasteiger partial charge on any atom is 0.255 e. The predicted octanol–water partition coefficient (Wildman–Crippen LogP) is 3.08. The molecule has 0 spiro atoms. The van der Waals surface area contributed by atoms with E-state index >= 15 is 0 Å². The van der Waals surface area contributed by atoms with Gasteiger partial charge in [0, 0.05) is 11.1 Å². The Morgan fingerprint density at radius 3 is 2.62 bits per heavy atom. The Bertz CT molecular complexity index is 717. The van der Waals surface area contributed by atoms with Crippen molar-refractivity contribution in [3.8, 4) is 11.8 Å². The van der Waals surface area contributed by atoms with Gasteiger partial charge >= 0.3 is 0 Å². The van der Waals surface area contributed by atoms with Gasteiger partial charge in [-0.25, -0.2) is 4.39 Å². The highest BCUT2D eigenvalue weighted by Gasteiger charge is 2.09. The van der Waals surface area contributed by atoms with Crippen LogP contribution in [-0.4, -0.2) is 17.6 Å². The number of halogens is 2. The molecule has 0 fully saturated rings. The van der Waals surface area contributed by atoms with Crippen LogP contribution in [0, 0.1) is 17.7 Å². The molecule has 0 aromatic heterocycles. The quantitative estimate of drug-likeness (QED) is 0.838. The normalized spacial score (nSPS) is 9.67. The number of hydrogen-bond acceptors (Lipinski definition) is 2. The molecule has 0 saturated carbocycles. The summed E-state index contributed by atoms with van der Waals surface area (Å²) in [5.74, 6) is 4.42. The molecule has 2 rings (SSSR count). The average Bonchev–Trinajstić information content (AvgIpc) is 2.48. The topological polar surface area (TPSA) is 49.3 Å². The molecule has 2 aromatic rings. The lowest BCUT2D eigenvalue weighted by Crippen LogP contribution is -2.12. The van der Waals surface area contributed by atoms with E-state index in [0.29, 0.717) is 21.8 Å². The van der Waals surface area contributed by atoms with E-state index in [1.54, 1.807) is 18.2 Å². The van der Waals surface area contributed by atoms with E-state index in [9.17, 15) is 9.18 Å². The molecule has 0 bridgehead atoms. The molecule has 106 valence electrons. The first-order valence-electron chi connectivity index (χ1n) is 6.06. The van der Waals surface area contributed by atoms with E-state index in [-0.39, 0.29) is 6.61 Å². The van der Waals surface area contributed by atoms with Crippen LogP contribution in [-0.2, 0) is 0 Å². The lowest BCUT2D eigenvalue weighted by molar-refractivity contribution is 0.102. The summed E-state index contributed by atoms with van der Waals surface area (Å²) in [5.41, 5.74) is 1.33. The molecular weight excluding hydrogens is 293 g/mol. The third-order valence-corrected chi connectivity index (χ3v) is 2.96. The molecule has 3 nitrogen and oxygen atoms in total. The van der Waals surface area contributed by atoms with E-state index in [1.165, 1.54) is 24.3 Å². The SMILES string of the molecule is O=C(Nc1cc(C#CCO)ccc1Cl)c1ccc(F)cc1. The van der Waals surface area contributed by atoms with Crippen LogP contribution >= 0.6 is 11.6 Å². The van der Waals surface area contributed by atoms with E-state index in [1.807, 2.05) is 0 Å². The summed E-state index contributed by atoms with van der Waals surface area (Å²) in [6, 6.07) is 10.1. The average molecular weight is 304 g/mol. The first kappa shape index (κ1) is 15.0. The highest BCUT2D eigenvalue weighted by atomic mass is 35.5. The van der Waals surface area contributed by atoms with Gasteiger partial charge in [-0.05, 0) is 42.5 Å². The number of aliphatic hydroxyl groups is 1. The van der Waals surface area contributed by atoms with E-state index in [4.69, 9.17) is 16.7 Å². The summed E-state index contributed by atoms with van der Waals surface area (Å²) < 4.78 is 12.8. The number of aliphatic hydroxyl groups excluding tert-OH is 1. The van der Waals surface area contributed by atoms with Crippen LogP contribution in [0.5, 0.6) is 0 Å². The van der Waals surface area contributed by atoms with Gasteiger partial charge in [-0.1, -0.05) is 23.4 Å². The molecule has 2 N–H and O–H groups in total. The zero-order valence-electron chi connectivity index (χ0n) is 10.9. The Kier molecular flexibility index (Phi) is 4.94. The molecule has 2 aromatic carbocycles. The Labute approximate surface area is 126 Å². The second kappa shape index (κ2) is 6.89. The van der Waals surface area contributed by atoms with Crippen LogP contribution in [0.4, 0.5) is 10.1 Å². The Hall–Kier alpha value is -2.35. The monoisotopic (exact) mass is 303 g/mol. The van der Waals surface area contributed by atoms with E-state index in [2.05, 4.69) is 17.2 Å². The molecule has 0 atom stereocenters. The van der Waals surface area contributed by atoms with Crippen molar-refractivity contribution in [1.82, 2.24) is 0 Å². The molecule has 0 radical (unpaired) electrons. The molecule has 0 aliphatic heterocycles. The number of benzene rings is 2. The summed E-state index contributed by atoms with van der Waals surface area (Å²) in [7, 11) is 0. The molecule has 0 aliphatic rings. The zero-order chi connectivity index (χ0) is 15.2. The molecule has 0 aliphatic carbocycles. The van der Waals surface area contributed by atoms with E-state index in [0.717, 1.165) is 0 Å². The second-order valence-electron chi connectivity index (χ2n) is 4.12. The van der Waals surface area contributed by atoms with Crippen molar-refractivity contribution < 1.29 is 14.3 Å². The number of anilines is 1. The second-order valence-corrected chi connectivity index (χ2v) is 4.52. The smallest absolute Gasteiger partial charge is 0.255 e. The summed E-state index contributed by atoms with van der Waals surface area (Å²) in [4.78, 5) is 12.0. The van der Waals surface area contributed by atoms with Crippen molar-refractivity contribution in [2.75, 3.05) is 11.9 Å². The van der Waals surface area contributed by atoms with Gasteiger partial charge in [-0.2, -0.15) is 0 Å². The Balaban J connectivity index is 2.22. The van der Waals surface area contributed by atoms with Crippen LogP contribution < -0.4 is 5.32 Å². The number of nitrogens with one attached hydrogen (secondary N) is 1. The number of carbonyl (C=O) groups excluding carboxylic acids is 1. The fourth-order valence-electron chi connectivity index (χ4n) is 1.64. The Morgan fingerprint density at radius 1 is 1.24 bits per heavy atom. The number of rotatable bonds is 2. The standard InChI is InChI=1S/C16H11ClFNO2/c17-14-8-3-11(2-1-9-20)10-15(14)19-16(21)12-4-6-13(18)7-5-12/h3-8,10,20H,9H2,(H,19,21). The van der Waals surface area contributed by atoms with Gasteiger partial charge in [0.1, 0.15) is 12.4 Å². The van der Waals surface area contributed by atoms with Gasteiger partial charge in [0.25, 0.3) is 5.91 Å². The lowest BCUT2D eigenvalue weighted by atomic mass is 10.1. The Morgan fingerprint density at radius 2 is 1.95 bits per heavy atom. The fourth-order valence-corrected chi connectivity index (χ4v) is 1.80. The minimum absolute atomic E-state index is 0.250. The summed E-state index contributed by atoms with van der Waals surface area (Å²) in [6.45, 7) is -0.250. The maximum atomic E-state index is 12.8. The highest BCUT2D eigenvalue weighted by Crippen LogP contribution is 2.23. The van der Waals surface area contributed by atoms with Crippen molar-refractivity contribution in [3.63, 3.8) is 0 Å². The fraction of sp³-hybridized carbons (Fsp3) is 0.0625. The number of hydrogen-bond donors (Lipinski definition) is 2. The minimum Gasteiger partial charge on any atom is -0.384 e. The van der Waals surface area contributed by atoms with Crippen molar-refractivity contribution in [3.05, 3.63) is 64.4 Å². The molecule has 1 amide bonds. The minimum atomic E-state index is -0.411. The van der Waals surface area contributed by atoms with Crippen molar-refractivity contribution in [1.29, 1.82) is 0 Å². The van der Waals surface area contributed by atoms with Gasteiger partial charge < -0.3 is 10.4 Å². The van der Waals surface area contributed by atoms with Crippen LogP contribution in [0.25, 0.3) is 0 Å². The zero-order valence-corrected chi connectivity index (χ0v) is 11.6. The first-order chi connectivity index (χ1) is 10.1. The van der Waals surface area contributed by atoms with Crippen molar-refractivity contribution in [2.45, 2.75) is 0 Å². The molecule has 21 heavy (non-hydrogen) atoms. The molecule has 0 saturated heterocycles. The van der Waals surface area contributed by atoms with Gasteiger partial charge in [-0.3, -0.25) is 4.79 Å². The van der Waals surface area contributed by atoms with Crippen LogP contribution in [0.15, 0.2) is 42.5 Å². The van der Waals surface area contributed by atoms with Crippen molar-refractivity contribution in [2.24, 2.45) is 0 Å². The van der Waals surface area contributed by atoms with Crippen LogP contribution in [0.2, 0.25) is 5.02 Å². The largest absolute Gasteiger partial charge is 0.384 e. The molecule has 0 unspecified atom stereocenters. The van der Waals surface area contributed by atoms with E-state index < -0.39 is 11.7 Å². The number of carbonyl (C=O) groups is 1. The summed E-state index contributed by atoms with van der Waals surface area (Å²) >= 11 is 6.01. The first-order valence-corrected chi connectivity index (χ1v) is 6.44. The predicted molar refractivity (Wildman–Crippen MR) is 79.8 cm³/mol. The van der Waals surface area contributed by atoms with Gasteiger partial charge in [0.15, 0.2) is 0 Å². The third kappa shape index (κ3) is 4.06. The molecule has 5 heteroatoms. The van der Waals surface area contributed by atoms with Gasteiger partial charge in [0.05, 0.1) is 10.7 Å². The van der Waals surface area contributed by atoms with Gasteiger partial charge in [0.2, 0.25) is 0 Å². The maximum absolute atomic E-state index is 12.8. The molecule has 0 heterocycles. The summed E-state index contributed by atoms with van der Waals surface area (Å²) in [6.07, 6.45) is 0.